The van der Waals surface area contributed by atoms with E-state index in [0.29, 0.717) is 23.6 Å². The normalized spacial score (nSPS) is 11.7. The zero-order valence-electron chi connectivity index (χ0n) is 11.9. The van der Waals surface area contributed by atoms with Crippen LogP contribution in [0.1, 0.15) is 24.2 Å². The van der Waals surface area contributed by atoms with Crippen LogP contribution in [0.25, 0.3) is 11.5 Å². The second-order valence-electron chi connectivity index (χ2n) is 4.72. The summed E-state index contributed by atoms with van der Waals surface area (Å²) >= 11 is 0. The van der Waals surface area contributed by atoms with Crippen LogP contribution in [0.15, 0.2) is 41.1 Å². The number of carbonyl (C=O) groups is 2. The van der Waals surface area contributed by atoms with Gasteiger partial charge in [-0.1, -0.05) is 0 Å². The summed E-state index contributed by atoms with van der Waals surface area (Å²) in [6.45, 7) is 3.62. The van der Waals surface area contributed by atoms with E-state index in [9.17, 15) is 9.59 Å². The lowest BCUT2D eigenvalue weighted by Crippen LogP contribution is -2.40. The molecule has 110 valence electrons. The van der Waals surface area contributed by atoms with E-state index in [4.69, 9.17) is 4.42 Å². The average Bonchev–Trinajstić information content (AvgIpc) is 2.98. The van der Waals surface area contributed by atoms with Crippen LogP contribution in [0.3, 0.4) is 0 Å². The van der Waals surface area contributed by atoms with Gasteiger partial charge in [-0.05, 0) is 31.2 Å². The predicted octanol–water partition coefficient (Wildman–Crippen LogP) is 1.60. The van der Waals surface area contributed by atoms with Gasteiger partial charge < -0.3 is 15.1 Å². The summed E-state index contributed by atoms with van der Waals surface area (Å²) in [7, 11) is 0. The van der Waals surface area contributed by atoms with Crippen LogP contribution in [-0.2, 0) is 4.79 Å². The Balaban J connectivity index is 2.00. The SMILES string of the molecule is CC(=O)N[C@H](C)CNC(=O)c1ccnc(-c2ccco2)c1. The molecule has 0 radical (unpaired) electrons. The number of nitrogens with zero attached hydrogens (tertiary/aromatic N) is 1. The number of hydrogen-bond donors (Lipinski definition) is 2. The molecule has 21 heavy (non-hydrogen) atoms. The lowest BCUT2D eigenvalue weighted by Gasteiger charge is -2.13. The maximum atomic E-state index is 12.1. The summed E-state index contributed by atoms with van der Waals surface area (Å²) < 4.78 is 5.25. The highest BCUT2D eigenvalue weighted by atomic mass is 16.3. The third-order valence-electron chi connectivity index (χ3n) is 2.81. The molecule has 2 amide bonds. The molecule has 0 aliphatic carbocycles. The number of nitrogens with one attached hydrogen (secondary N) is 2. The number of aromatic nitrogens is 1. The van der Waals surface area contributed by atoms with Gasteiger partial charge in [0.1, 0.15) is 5.69 Å². The van der Waals surface area contributed by atoms with Crippen molar-refractivity contribution >= 4 is 11.8 Å². The molecule has 6 nitrogen and oxygen atoms in total. The maximum absolute atomic E-state index is 12.1. The highest BCUT2D eigenvalue weighted by Crippen LogP contribution is 2.17. The molecule has 2 rings (SSSR count). The van der Waals surface area contributed by atoms with E-state index in [2.05, 4.69) is 15.6 Å². The number of hydrogen-bond acceptors (Lipinski definition) is 4. The standard InChI is InChI=1S/C15H17N3O3/c1-10(18-11(2)19)9-17-15(20)12-5-6-16-13(8-12)14-4-3-7-21-14/h3-8,10H,9H2,1-2H3,(H,17,20)(H,18,19)/t10-/m1/s1. The first-order valence-corrected chi connectivity index (χ1v) is 6.61. The Morgan fingerprint density at radius 2 is 2.19 bits per heavy atom. The van der Waals surface area contributed by atoms with Gasteiger partial charge in [0.15, 0.2) is 5.76 Å². The Kier molecular flexibility index (Phi) is 4.71. The van der Waals surface area contributed by atoms with Crippen LogP contribution in [0.2, 0.25) is 0 Å². The maximum Gasteiger partial charge on any atom is 0.251 e. The Hall–Kier alpha value is -2.63. The quantitative estimate of drug-likeness (QED) is 0.874. The van der Waals surface area contributed by atoms with E-state index in [1.807, 2.05) is 6.92 Å². The molecule has 0 aliphatic rings. The number of carbonyl (C=O) groups excluding carboxylic acids is 2. The fraction of sp³-hybridized carbons (Fsp3) is 0.267. The molecule has 2 aromatic heterocycles. The molecule has 0 fully saturated rings. The minimum Gasteiger partial charge on any atom is -0.463 e. The van der Waals surface area contributed by atoms with E-state index >= 15 is 0 Å². The van der Waals surface area contributed by atoms with Crippen LogP contribution in [-0.4, -0.2) is 29.4 Å². The van der Waals surface area contributed by atoms with Crippen molar-refractivity contribution < 1.29 is 14.0 Å². The molecule has 0 spiro atoms. The van der Waals surface area contributed by atoms with Crippen molar-refractivity contribution in [1.82, 2.24) is 15.6 Å². The number of amides is 2. The van der Waals surface area contributed by atoms with Gasteiger partial charge in [0, 0.05) is 31.3 Å². The van der Waals surface area contributed by atoms with Crippen molar-refractivity contribution in [1.29, 1.82) is 0 Å². The highest BCUT2D eigenvalue weighted by Gasteiger charge is 2.11. The summed E-state index contributed by atoms with van der Waals surface area (Å²) in [6.07, 6.45) is 3.11. The molecule has 0 bridgehead atoms. The van der Waals surface area contributed by atoms with Crippen molar-refractivity contribution in [2.24, 2.45) is 0 Å². The highest BCUT2D eigenvalue weighted by molar-refractivity contribution is 5.95. The van der Waals surface area contributed by atoms with Gasteiger partial charge in [-0.25, -0.2) is 0 Å². The van der Waals surface area contributed by atoms with Gasteiger partial charge in [-0.15, -0.1) is 0 Å². The zero-order chi connectivity index (χ0) is 15.2. The predicted molar refractivity (Wildman–Crippen MR) is 77.6 cm³/mol. The van der Waals surface area contributed by atoms with Crippen molar-refractivity contribution in [3.63, 3.8) is 0 Å². The summed E-state index contributed by atoms with van der Waals surface area (Å²) in [5.74, 6) is 0.263. The first kappa shape index (κ1) is 14.8. The van der Waals surface area contributed by atoms with Crippen LogP contribution in [0.5, 0.6) is 0 Å². The molecular formula is C15H17N3O3. The lowest BCUT2D eigenvalue weighted by atomic mass is 10.2. The first-order chi connectivity index (χ1) is 10.1. The summed E-state index contributed by atoms with van der Waals surface area (Å²) in [6, 6.07) is 6.71. The number of furan rings is 1. The monoisotopic (exact) mass is 287 g/mol. The van der Waals surface area contributed by atoms with Crippen LogP contribution in [0.4, 0.5) is 0 Å². The number of rotatable bonds is 5. The van der Waals surface area contributed by atoms with E-state index < -0.39 is 0 Å². The fourth-order valence-corrected chi connectivity index (χ4v) is 1.88. The topological polar surface area (TPSA) is 84.2 Å². The second-order valence-corrected chi connectivity index (χ2v) is 4.72. The van der Waals surface area contributed by atoms with Crippen LogP contribution >= 0.6 is 0 Å². The average molecular weight is 287 g/mol. The lowest BCUT2D eigenvalue weighted by molar-refractivity contribution is -0.119. The van der Waals surface area contributed by atoms with Gasteiger partial charge in [0.25, 0.3) is 5.91 Å². The molecular weight excluding hydrogens is 270 g/mol. The van der Waals surface area contributed by atoms with Crippen molar-refractivity contribution in [3.05, 3.63) is 42.3 Å². The van der Waals surface area contributed by atoms with Gasteiger partial charge in [0.2, 0.25) is 5.91 Å². The molecule has 0 aromatic carbocycles. The van der Waals surface area contributed by atoms with Crippen molar-refractivity contribution in [3.8, 4) is 11.5 Å². The number of pyridine rings is 1. The van der Waals surface area contributed by atoms with Gasteiger partial charge in [0.05, 0.1) is 6.26 Å². The second kappa shape index (κ2) is 6.69. The Labute approximate surface area is 122 Å². The molecule has 0 aliphatic heterocycles. The van der Waals surface area contributed by atoms with Gasteiger partial charge in [-0.2, -0.15) is 0 Å². The first-order valence-electron chi connectivity index (χ1n) is 6.61. The summed E-state index contributed by atoms with van der Waals surface area (Å²) in [5.41, 5.74) is 1.09. The molecule has 0 saturated carbocycles. The Morgan fingerprint density at radius 3 is 2.86 bits per heavy atom. The molecule has 0 unspecified atom stereocenters. The Morgan fingerprint density at radius 1 is 1.38 bits per heavy atom. The van der Waals surface area contributed by atoms with E-state index in [1.54, 1.807) is 36.7 Å². The van der Waals surface area contributed by atoms with Crippen molar-refractivity contribution in [2.75, 3.05) is 6.54 Å². The zero-order valence-corrected chi connectivity index (χ0v) is 11.9. The molecule has 6 heteroatoms. The molecule has 1 atom stereocenters. The Bertz CT molecular complexity index is 623. The summed E-state index contributed by atoms with van der Waals surface area (Å²) in [4.78, 5) is 27.1. The van der Waals surface area contributed by atoms with E-state index in [0.717, 1.165) is 0 Å². The minimum atomic E-state index is -0.220. The fourth-order valence-electron chi connectivity index (χ4n) is 1.88. The van der Waals surface area contributed by atoms with E-state index in [-0.39, 0.29) is 17.9 Å². The minimum absolute atomic E-state index is 0.124. The molecule has 2 heterocycles. The third kappa shape index (κ3) is 4.17. The molecule has 2 N–H and O–H groups in total. The summed E-state index contributed by atoms with van der Waals surface area (Å²) in [5, 5.41) is 5.47. The van der Waals surface area contributed by atoms with Gasteiger partial charge >= 0.3 is 0 Å². The van der Waals surface area contributed by atoms with Crippen LogP contribution < -0.4 is 10.6 Å². The van der Waals surface area contributed by atoms with E-state index in [1.165, 1.54) is 6.92 Å². The van der Waals surface area contributed by atoms with Crippen LogP contribution in [0, 0.1) is 0 Å². The largest absolute Gasteiger partial charge is 0.463 e. The molecule has 2 aromatic rings. The van der Waals surface area contributed by atoms with Gasteiger partial charge in [-0.3, -0.25) is 14.6 Å². The third-order valence-corrected chi connectivity index (χ3v) is 2.81. The smallest absolute Gasteiger partial charge is 0.251 e. The van der Waals surface area contributed by atoms with Crippen molar-refractivity contribution in [2.45, 2.75) is 19.9 Å². The molecule has 0 saturated heterocycles.